The number of nitrogens with zero attached hydrogens (tertiary/aromatic N) is 3. The molecular formula is C14H21N3O. The van der Waals surface area contributed by atoms with Crippen LogP contribution in [0.2, 0.25) is 0 Å². The zero-order chi connectivity index (χ0) is 12.5. The lowest BCUT2D eigenvalue weighted by molar-refractivity contribution is 0.177. The lowest BCUT2D eigenvalue weighted by Crippen LogP contribution is -2.22. The number of ether oxygens (including phenoxy) is 1. The van der Waals surface area contributed by atoms with Crippen LogP contribution in [-0.4, -0.2) is 30.2 Å². The summed E-state index contributed by atoms with van der Waals surface area (Å²) in [6.07, 6.45) is 4.22. The van der Waals surface area contributed by atoms with Crippen LogP contribution in [0.4, 0.5) is 5.82 Å². The summed E-state index contributed by atoms with van der Waals surface area (Å²) in [4.78, 5) is 11.5. The highest BCUT2D eigenvalue weighted by atomic mass is 16.5. The van der Waals surface area contributed by atoms with Gasteiger partial charge in [0.1, 0.15) is 12.4 Å². The van der Waals surface area contributed by atoms with E-state index < -0.39 is 0 Å². The predicted molar refractivity (Wildman–Crippen MR) is 70.5 cm³/mol. The van der Waals surface area contributed by atoms with E-state index >= 15 is 0 Å². The maximum Gasteiger partial charge on any atom is 0.156 e. The molecule has 0 amide bonds. The van der Waals surface area contributed by atoms with Crippen LogP contribution in [0.25, 0.3) is 0 Å². The fourth-order valence-electron chi connectivity index (χ4n) is 3.39. The molecule has 0 aromatic carbocycles. The first-order valence-corrected chi connectivity index (χ1v) is 6.84. The molecule has 18 heavy (non-hydrogen) atoms. The summed E-state index contributed by atoms with van der Waals surface area (Å²) in [6.45, 7) is 4.87. The molecule has 0 unspecified atom stereocenters. The third-order valence-corrected chi connectivity index (χ3v) is 4.21. The van der Waals surface area contributed by atoms with Gasteiger partial charge in [-0.25, -0.2) is 9.97 Å². The van der Waals surface area contributed by atoms with Crippen molar-refractivity contribution in [2.45, 2.75) is 32.8 Å². The molecule has 2 heterocycles. The van der Waals surface area contributed by atoms with Crippen LogP contribution in [-0.2, 0) is 11.3 Å². The lowest BCUT2D eigenvalue weighted by Gasteiger charge is -2.19. The minimum Gasteiger partial charge on any atom is -0.377 e. The maximum absolute atomic E-state index is 5.13. The van der Waals surface area contributed by atoms with Crippen molar-refractivity contribution < 1.29 is 4.74 Å². The van der Waals surface area contributed by atoms with E-state index in [2.05, 4.69) is 20.9 Å². The van der Waals surface area contributed by atoms with Crippen LogP contribution in [0.1, 0.15) is 30.8 Å². The Labute approximate surface area is 108 Å². The summed E-state index contributed by atoms with van der Waals surface area (Å²) < 4.78 is 5.13. The van der Waals surface area contributed by atoms with Crippen molar-refractivity contribution in [3.05, 3.63) is 17.6 Å². The van der Waals surface area contributed by atoms with E-state index in [-0.39, 0.29) is 0 Å². The summed E-state index contributed by atoms with van der Waals surface area (Å²) in [5.74, 6) is 3.67. The number of fused-ring (bicyclic) bond motifs is 1. The van der Waals surface area contributed by atoms with Crippen molar-refractivity contribution in [2.75, 3.05) is 25.1 Å². The van der Waals surface area contributed by atoms with E-state index in [9.17, 15) is 0 Å². The molecule has 0 spiro atoms. The average molecular weight is 247 g/mol. The largest absolute Gasteiger partial charge is 0.377 e. The van der Waals surface area contributed by atoms with Crippen LogP contribution in [0.3, 0.4) is 0 Å². The lowest BCUT2D eigenvalue weighted by atomic mass is 10.0. The Morgan fingerprint density at radius 3 is 2.67 bits per heavy atom. The van der Waals surface area contributed by atoms with Gasteiger partial charge in [-0.2, -0.15) is 0 Å². The molecule has 1 saturated carbocycles. The van der Waals surface area contributed by atoms with Gasteiger partial charge in [-0.15, -0.1) is 0 Å². The second kappa shape index (κ2) is 4.84. The molecule has 98 valence electrons. The normalized spacial score (nSPS) is 26.7. The van der Waals surface area contributed by atoms with E-state index in [0.717, 1.165) is 29.2 Å². The quantitative estimate of drug-likeness (QED) is 0.820. The standard InChI is InChI=1S/C14H21N3O/c1-10-6-14(16-13(15-10)9-18-2)17-7-11-4-3-5-12(11)8-17/h6,11-12H,3-5,7-9H2,1-2H3/t11-,12+. The van der Waals surface area contributed by atoms with E-state index in [0.29, 0.717) is 6.61 Å². The Hall–Kier alpha value is -1.16. The number of anilines is 1. The van der Waals surface area contributed by atoms with Gasteiger partial charge >= 0.3 is 0 Å². The van der Waals surface area contributed by atoms with E-state index in [4.69, 9.17) is 4.74 Å². The highest BCUT2D eigenvalue weighted by molar-refractivity contribution is 5.41. The Bertz CT molecular complexity index is 423. The Morgan fingerprint density at radius 1 is 1.28 bits per heavy atom. The fraction of sp³-hybridized carbons (Fsp3) is 0.714. The van der Waals surface area contributed by atoms with Crippen LogP contribution < -0.4 is 4.90 Å². The first-order chi connectivity index (χ1) is 8.76. The molecule has 0 N–H and O–H groups in total. The van der Waals surface area contributed by atoms with Crippen LogP contribution in [0.15, 0.2) is 6.07 Å². The summed E-state index contributed by atoms with van der Waals surface area (Å²) in [5.41, 5.74) is 1.03. The van der Waals surface area contributed by atoms with Crippen molar-refractivity contribution in [1.29, 1.82) is 0 Å². The van der Waals surface area contributed by atoms with Crippen molar-refractivity contribution in [2.24, 2.45) is 11.8 Å². The zero-order valence-corrected chi connectivity index (χ0v) is 11.2. The molecular weight excluding hydrogens is 226 g/mol. The van der Waals surface area contributed by atoms with Crippen LogP contribution in [0.5, 0.6) is 0 Å². The van der Waals surface area contributed by atoms with E-state index in [1.54, 1.807) is 7.11 Å². The molecule has 1 aliphatic heterocycles. The van der Waals surface area contributed by atoms with Crippen LogP contribution in [0, 0.1) is 18.8 Å². The van der Waals surface area contributed by atoms with Gasteiger partial charge in [0.25, 0.3) is 0 Å². The smallest absolute Gasteiger partial charge is 0.156 e. The molecule has 2 atom stereocenters. The number of aromatic nitrogens is 2. The number of rotatable bonds is 3. The fourth-order valence-corrected chi connectivity index (χ4v) is 3.39. The highest BCUT2D eigenvalue weighted by Gasteiger charge is 2.36. The van der Waals surface area contributed by atoms with Gasteiger partial charge in [0.05, 0.1) is 0 Å². The van der Waals surface area contributed by atoms with E-state index in [1.165, 1.54) is 32.4 Å². The van der Waals surface area contributed by atoms with Crippen molar-refractivity contribution >= 4 is 5.82 Å². The van der Waals surface area contributed by atoms with Crippen LogP contribution >= 0.6 is 0 Å². The number of aryl methyl sites for hydroxylation is 1. The summed E-state index contributed by atoms with van der Waals surface area (Å²) in [5, 5.41) is 0. The Morgan fingerprint density at radius 2 is 2.00 bits per heavy atom. The second-order valence-electron chi connectivity index (χ2n) is 5.57. The molecule has 0 bridgehead atoms. The van der Waals surface area contributed by atoms with Gasteiger partial charge in [-0.3, -0.25) is 0 Å². The minimum atomic E-state index is 0.495. The molecule has 1 saturated heterocycles. The molecule has 2 aliphatic rings. The SMILES string of the molecule is COCc1nc(C)cc(N2C[C@H]3CCC[C@H]3C2)n1. The number of hydrogen-bond acceptors (Lipinski definition) is 4. The van der Waals surface area contributed by atoms with Crippen molar-refractivity contribution in [1.82, 2.24) is 9.97 Å². The summed E-state index contributed by atoms with van der Waals surface area (Å²) >= 11 is 0. The first kappa shape index (κ1) is 11.9. The molecule has 3 rings (SSSR count). The van der Waals surface area contributed by atoms with Gasteiger partial charge in [-0.1, -0.05) is 6.42 Å². The van der Waals surface area contributed by atoms with Gasteiger partial charge in [0.15, 0.2) is 5.82 Å². The second-order valence-corrected chi connectivity index (χ2v) is 5.57. The predicted octanol–water partition coefficient (Wildman–Crippen LogP) is 2.17. The van der Waals surface area contributed by atoms with Crippen molar-refractivity contribution in [3.63, 3.8) is 0 Å². The number of methoxy groups -OCH3 is 1. The van der Waals surface area contributed by atoms with E-state index in [1.807, 2.05) is 6.92 Å². The molecule has 0 radical (unpaired) electrons. The van der Waals surface area contributed by atoms with Gasteiger partial charge < -0.3 is 9.64 Å². The highest BCUT2D eigenvalue weighted by Crippen LogP contribution is 2.39. The molecule has 2 fully saturated rings. The number of hydrogen-bond donors (Lipinski definition) is 0. The molecule has 1 aromatic rings. The van der Waals surface area contributed by atoms with Gasteiger partial charge in [0.2, 0.25) is 0 Å². The van der Waals surface area contributed by atoms with Gasteiger partial charge in [-0.05, 0) is 31.6 Å². The van der Waals surface area contributed by atoms with Gasteiger partial charge in [0, 0.05) is 32.0 Å². The monoisotopic (exact) mass is 247 g/mol. The Balaban J connectivity index is 1.79. The first-order valence-electron chi connectivity index (χ1n) is 6.84. The van der Waals surface area contributed by atoms with Crippen molar-refractivity contribution in [3.8, 4) is 0 Å². The molecule has 1 aromatic heterocycles. The topological polar surface area (TPSA) is 38.2 Å². The third kappa shape index (κ3) is 2.21. The minimum absolute atomic E-state index is 0.495. The summed E-state index contributed by atoms with van der Waals surface area (Å²) in [6, 6.07) is 2.10. The third-order valence-electron chi connectivity index (χ3n) is 4.21. The zero-order valence-electron chi connectivity index (χ0n) is 11.2. The average Bonchev–Trinajstić information content (AvgIpc) is 2.88. The Kier molecular flexibility index (Phi) is 3.20. The molecule has 4 heteroatoms. The maximum atomic E-state index is 5.13. The molecule has 1 aliphatic carbocycles. The summed E-state index contributed by atoms with van der Waals surface area (Å²) in [7, 11) is 1.69. The molecule has 4 nitrogen and oxygen atoms in total.